The first-order valence-corrected chi connectivity index (χ1v) is 9.41. The maximum atomic E-state index is 4.78. The third kappa shape index (κ3) is 6.52. The number of benzene rings is 1. The molecule has 0 aliphatic heterocycles. The molecule has 0 aliphatic rings. The number of hydrogen-bond donors (Lipinski definition) is 2. The van der Waals surface area contributed by atoms with Crippen molar-refractivity contribution in [2.75, 3.05) is 6.54 Å². The Bertz CT molecular complexity index is 779. The van der Waals surface area contributed by atoms with Crippen molar-refractivity contribution in [2.24, 2.45) is 12.0 Å². The molecule has 1 aromatic heterocycles. The van der Waals surface area contributed by atoms with Crippen LogP contribution >= 0.6 is 24.0 Å². The van der Waals surface area contributed by atoms with E-state index in [0.29, 0.717) is 6.54 Å². The van der Waals surface area contributed by atoms with Gasteiger partial charge in [-0.1, -0.05) is 23.8 Å². The molecule has 1 unspecified atom stereocenters. The number of aromatic nitrogens is 2. The van der Waals surface area contributed by atoms with Crippen molar-refractivity contribution in [2.45, 2.75) is 60.5 Å². The zero-order valence-corrected chi connectivity index (χ0v) is 20.0. The van der Waals surface area contributed by atoms with Crippen molar-refractivity contribution in [1.82, 2.24) is 20.4 Å². The highest BCUT2D eigenvalue weighted by atomic mass is 127. The summed E-state index contributed by atoms with van der Waals surface area (Å²) in [7, 11) is 2.00. The number of aliphatic imine (C=N–C) groups is 1. The molecule has 0 saturated heterocycles. The van der Waals surface area contributed by atoms with E-state index in [1.807, 2.05) is 11.7 Å². The molecular formula is C21H34IN5. The molecular weight excluding hydrogens is 449 g/mol. The SMILES string of the molecule is CCNC(=NCc1ccc(C)cc1C)NC(C)Cc1c(C)nn(C)c1C.I. The van der Waals surface area contributed by atoms with Crippen LogP contribution in [0, 0.1) is 27.7 Å². The lowest BCUT2D eigenvalue weighted by molar-refractivity contribution is 0.635. The summed E-state index contributed by atoms with van der Waals surface area (Å²) in [4.78, 5) is 4.78. The first-order valence-electron chi connectivity index (χ1n) is 9.41. The summed E-state index contributed by atoms with van der Waals surface area (Å²) in [5.41, 5.74) is 7.50. The largest absolute Gasteiger partial charge is 0.357 e. The van der Waals surface area contributed by atoms with E-state index in [2.05, 4.69) is 75.5 Å². The lowest BCUT2D eigenvalue weighted by Gasteiger charge is -2.18. The molecule has 5 nitrogen and oxygen atoms in total. The van der Waals surface area contributed by atoms with E-state index in [1.165, 1.54) is 27.9 Å². The fourth-order valence-corrected chi connectivity index (χ4v) is 3.21. The van der Waals surface area contributed by atoms with E-state index in [4.69, 9.17) is 4.99 Å². The third-order valence-electron chi connectivity index (χ3n) is 4.80. The Kier molecular flexibility index (Phi) is 9.29. The minimum Gasteiger partial charge on any atom is -0.357 e. The molecule has 1 heterocycles. The molecule has 2 aromatic rings. The second-order valence-electron chi connectivity index (χ2n) is 7.15. The fraction of sp³-hybridized carbons (Fsp3) is 0.524. The van der Waals surface area contributed by atoms with E-state index in [0.717, 1.165) is 24.6 Å². The van der Waals surface area contributed by atoms with Gasteiger partial charge in [0.25, 0.3) is 0 Å². The van der Waals surface area contributed by atoms with Crippen LogP contribution in [-0.2, 0) is 20.0 Å². The van der Waals surface area contributed by atoms with Gasteiger partial charge < -0.3 is 10.6 Å². The maximum absolute atomic E-state index is 4.78. The second kappa shape index (κ2) is 10.7. The number of nitrogens with one attached hydrogen (secondary N) is 2. The van der Waals surface area contributed by atoms with E-state index < -0.39 is 0 Å². The highest BCUT2D eigenvalue weighted by molar-refractivity contribution is 14.0. The monoisotopic (exact) mass is 483 g/mol. The molecule has 150 valence electrons. The minimum absolute atomic E-state index is 0. The molecule has 6 heteroatoms. The smallest absolute Gasteiger partial charge is 0.191 e. The summed E-state index contributed by atoms with van der Waals surface area (Å²) in [5, 5.41) is 11.4. The van der Waals surface area contributed by atoms with E-state index in [1.54, 1.807) is 0 Å². The van der Waals surface area contributed by atoms with E-state index >= 15 is 0 Å². The van der Waals surface area contributed by atoms with Gasteiger partial charge in [-0.25, -0.2) is 4.99 Å². The predicted molar refractivity (Wildman–Crippen MR) is 125 cm³/mol. The molecule has 2 N–H and O–H groups in total. The van der Waals surface area contributed by atoms with Gasteiger partial charge in [-0.2, -0.15) is 5.10 Å². The molecule has 0 bridgehead atoms. The molecule has 0 radical (unpaired) electrons. The van der Waals surface area contributed by atoms with E-state index in [9.17, 15) is 0 Å². The lowest BCUT2D eigenvalue weighted by Crippen LogP contribution is -2.43. The first kappa shape index (κ1) is 23.5. The van der Waals surface area contributed by atoms with Crippen LogP contribution in [0.25, 0.3) is 0 Å². The predicted octanol–water partition coefficient (Wildman–Crippen LogP) is 3.96. The topological polar surface area (TPSA) is 54.2 Å². The zero-order valence-electron chi connectivity index (χ0n) is 17.7. The van der Waals surface area contributed by atoms with Gasteiger partial charge in [-0.3, -0.25) is 4.68 Å². The van der Waals surface area contributed by atoms with Gasteiger partial charge >= 0.3 is 0 Å². The average Bonchev–Trinajstić information content (AvgIpc) is 2.80. The molecule has 1 aromatic carbocycles. The van der Waals surface area contributed by atoms with Gasteiger partial charge in [0, 0.05) is 25.3 Å². The summed E-state index contributed by atoms with van der Waals surface area (Å²) < 4.78 is 1.96. The Morgan fingerprint density at radius 2 is 1.93 bits per heavy atom. The van der Waals surface area contributed by atoms with Gasteiger partial charge in [0.15, 0.2) is 5.96 Å². The Labute approximate surface area is 181 Å². The van der Waals surface area contributed by atoms with Crippen LogP contribution in [0.2, 0.25) is 0 Å². The molecule has 27 heavy (non-hydrogen) atoms. The van der Waals surface area contributed by atoms with Crippen LogP contribution in [0.1, 0.15) is 47.5 Å². The number of guanidine groups is 1. The fourth-order valence-electron chi connectivity index (χ4n) is 3.21. The number of halogens is 1. The van der Waals surface area contributed by atoms with Gasteiger partial charge in [0.1, 0.15) is 0 Å². The second-order valence-corrected chi connectivity index (χ2v) is 7.15. The molecule has 0 spiro atoms. The van der Waals surface area contributed by atoms with Crippen molar-refractivity contribution in [1.29, 1.82) is 0 Å². The summed E-state index contributed by atoms with van der Waals surface area (Å²) in [6.45, 7) is 14.3. The molecule has 2 rings (SSSR count). The number of nitrogens with zero attached hydrogens (tertiary/aromatic N) is 3. The quantitative estimate of drug-likeness (QED) is 0.372. The van der Waals surface area contributed by atoms with Crippen LogP contribution in [-0.4, -0.2) is 28.3 Å². The highest BCUT2D eigenvalue weighted by Crippen LogP contribution is 2.14. The standard InChI is InChI=1S/C21H33N5.HI/c1-8-22-21(23-13-19-10-9-14(2)11-15(19)3)24-16(4)12-20-17(5)25-26(7)18(20)6;/h9-11,16H,8,12-13H2,1-7H3,(H2,22,23,24);1H. The van der Waals surface area contributed by atoms with Gasteiger partial charge in [0.2, 0.25) is 0 Å². The van der Waals surface area contributed by atoms with Crippen molar-refractivity contribution >= 4 is 29.9 Å². The van der Waals surface area contributed by atoms with Crippen LogP contribution < -0.4 is 10.6 Å². The maximum Gasteiger partial charge on any atom is 0.191 e. The van der Waals surface area contributed by atoms with Crippen LogP contribution in [0.3, 0.4) is 0 Å². The molecule has 0 amide bonds. The molecule has 1 atom stereocenters. The average molecular weight is 483 g/mol. The zero-order chi connectivity index (χ0) is 19.3. The van der Waals surface area contributed by atoms with Crippen molar-refractivity contribution < 1.29 is 0 Å². The molecule has 0 saturated carbocycles. The van der Waals surface area contributed by atoms with Crippen molar-refractivity contribution in [3.05, 3.63) is 51.8 Å². The number of rotatable bonds is 6. The summed E-state index contributed by atoms with van der Waals surface area (Å²) >= 11 is 0. The third-order valence-corrected chi connectivity index (χ3v) is 4.80. The minimum atomic E-state index is 0. The van der Waals surface area contributed by atoms with Crippen LogP contribution in [0.15, 0.2) is 23.2 Å². The number of hydrogen-bond acceptors (Lipinski definition) is 2. The van der Waals surface area contributed by atoms with E-state index in [-0.39, 0.29) is 30.0 Å². The van der Waals surface area contributed by atoms with Crippen molar-refractivity contribution in [3.8, 4) is 0 Å². The highest BCUT2D eigenvalue weighted by Gasteiger charge is 2.14. The Balaban J connectivity index is 0.00000364. The first-order chi connectivity index (χ1) is 12.3. The van der Waals surface area contributed by atoms with Gasteiger partial charge in [0.05, 0.1) is 12.2 Å². The van der Waals surface area contributed by atoms with Gasteiger partial charge in [-0.05, 0) is 64.7 Å². The molecule has 0 fully saturated rings. The Morgan fingerprint density at radius 3 is 2.48 bits per heavy atom. The van der Waals surface area contributed by atoms with Crippen molar-refractivity contribution in [3.63, 3.8) is 0 Å². The Hall–Kier alpha value is -1.57. The summed E-state index contributed by atoms with van der Waals surface area (Å²) in [5.74, 6) is 0.860. The molecule has 0 aliphatic carbocycles. The van der Waals surface area contributed by atoms with Crippen LogP contribution in [0.5, 0.6) is 0 Å². The lowest BCUT2D eigenvalue weighted by atomic mass is 10.1. The summed E-state index contributed by atoms with van der Waals surface area (Å²) in [6.07, 6.45) is 0.930. The van der Waals surface area contributed by atoms with Gasteiger partial charge in [-0.15, -0.1) is 24.0 Å². The normalized spacial score (nSPS) is 12.5. The summed E-state index contributed by atoms with van der Waals surface area (Å²) in [6, 6.07) is 6.80. The van der Waals surface area contributed by atoms with Crippen LogP contribution in [0.4, 0.5) is 0 Å². The number of aryl methyl sites for hydroxylation is 4. The Morgan fingerprint density at radius 1 is 1.22 bits per heavy atom.